The minimum absolute atomic E-state index is 0.377. The highest BCUT2D eigenvalue weighted by molar-refractivity contribution is 6.62. The van der Waals surface area contributed by atoms with Gasteiger partial charge in [0.25, 0.3) is 0 Å². The van der Waals surface area contributed by atoms with Crippen LogP contribution in [-0.4, -0.2) is 28.3 Å². The summed E-state index contributed by atoms with van der Waals surface area (Å²) < 4.78 is 12.6. The van der Waals surface area contributed by atoms with Crippen LogP contribution < -0.4 is 5.46 Å². The molecule has 0 bridgehead atoms. The number of fused-ring (bicyclic) bond motifs is 6. The first-order valence-corrected chi connectivity index (χ1v) is 13.4. The lowest BCUT2D eigenvalue weighted by atomic mass is 9.78. The second-order valence-electron chi connectivity index (χ2n) is 11.3. The maximum Gasteiger partial charge on any atom is 0.494 e. The quantitative estimate of drug-likeness (QED) is 0.183. The van der Waals surface area contributed by atoms with Gasteiger partial charge in [-0.1, -0.05) is 91.0 Å². The van der Waals surface area contributed by atoms with Crippen molar-refractivity contribution in [2.24, 2.45) is 0 Å². The molecule has 0 aliphatic carbocycles. The van der Waals surface area contributed by atoms with Gasteiger partial charge in [-0.2, -0.15) is 0 Å². The van der Waals surface area contributed by atoms with Crippen LogP contribution in [0.15, 0.2) is 103 Å². The van der Waals surface area contributed by atoms with Gasteiger partial charge in [-0.05, 0) is 61.1 Å². The molecule has 0 amide bonds. The van der Waals surface area contributed by atoms with Crippen molar-refractivity contribution in [3.8, 4) is 22.4 Å². The molecule has 0 radical (unpaired) electrons. The Hall–Kier alpha value is -4.06. The summed E-state index contributed by atoms with van der Waals surface area (Å²) in [6, 6.07) is 33.8. The second-order valence-corrected chi connectivity index (χ2v) is 11.3. The SMILES string of the molecule is CC1(C)OB(c2cccc(-c3cccc(-c4cnc5c6ccccc6c6ccccc6c5n4)c3)c2)OC1(C)C. The van der Waals surface area contributed by atoms with Crippen molar-refractivity contribution < 1.29 is 9.31 Å². The van der Waals surface area contributed by atoms with Gasteiger partial charge in [0.2, 0.25) is 0 Å². The molecule has 190 valence electrons. The maximum atomic E-state index is 6.30. The van der Waals surface area contributed by atoms with E-state index in [2.05, 4.69) is 125 Å². The van der Waals surface area contributed by atoms with E-state index in [-0.39, 0.29) is 11.2 Å². The fourth-order valence-corrected chi connectivity index (χ4v) is 5.46. The molecule has 7 rings (SSSR count). The second kappa shape index (κ2) is 8.73. The monoisotopic (exact) mass is 508 g/mol. The first-order valence-electron chi connectivity index (χ1n) is 13.4. The molecule has 4 nitrogen and oxygen atoms in total. The lowest BCUT2D eigenvalue weighted by Crippen LogP contribution is -2.41. The molecule has 0 spiro atoms. The molecular weight excluding hydrogens is 479 g/mol. The molecule has 0 unspecified atom stereocenters. The van der Waals surface area contributed by atoms with E-state index in [1.807, 2.05) is 6.20 Å². The van der Waals surface area contributed by atoms with Crippen LogP contribution in [0.3, 0.4) is 0 Å². The Bertz CT molecular complexity index is 1850. The van der Waals surface area contributed by atoms with E-state index in [4.69, 9.17) is 19.3 Å². The number of aromatic nitrogens is 2. The van der Waals surface area contributed by atoms with Crippen molar-refractivity contribution in [2.45, 2.75) is 38.9 Å². The van der Waals surface area contributed by atoms with Gasteiger partial charge in [-0.15, -0.1) is 0 Å². The van der Waals surface area contributed by atoms with Crippen LogP contribution >= 0.6 is 0 Å². The highest BCUT2D eigenvalue weighted by Gasteiger charge is 2.51. The molecule has 1 aromatic heterocycles. The van der Waals surface area contributed by atoms with Crippen LogP contribution in [-0.2, 0) is 9.31 Å². The summed E-state index contributed by atoms with van der Waals surface area (Å²) >= 11 is 0. The Balaban J connectivity index is 1.31. The van der Waals surface area contributed by atoms with E-state index in [1.54, 1.807) is 0 Å². The van der Waals surface area contributed by atoms with Crippen LogP contribution in [0, 0.1) is 0 Å². The van der Waals surface area contributed by atoms with Crippen LogP contribution in [0.1, 0.15) is 27.7 Å². The van der Waals surface area contributed by atoms with E-state index in [0.717, 1.165) is 49.7 Å². The average Bonchev–Trinajstić information content (AvgIpc) is 3.19. The number of benzene rings is 5. The normalized spacial score (nSPS) is 16.4. The molecule has 0 saturated carbocycles. The van der Waals surface area contributed by atoms with Gasteiger partial charge in [0.1, 0.15) is 0 Å². The van der Waals surface area contributed by atoms with E-state index >= 15 is 0 Å². The van der Waals surface area contributed by atoms with Gasteiger partial charge in [0.05, 0.1) is 34.1 Å². The van der Waals surface area contributed by atoms with Gasteiger partial charge >= 0.3 is 7.12 Å². The lowest BCUT2D eigenvalue weighted by Gasteiger charge is -2.32. The van der Waals surface area contributed by atoms with Gasteiger partial charge in [-0.3, -0.25) is 4.98 Å². The lowest BCUT2D eigenvalue weighted by molar-refractivity contribution is 0.00578. The average molecular weight is 508 g/mol. The van der Waals surface area contributed by atoms with Crippen LogP contribution in [0.25, 0.3) is 55.0 Å². The van der Waals surface area contributed by atoms with Crippen LogP contribution in [0.2, 0.25) is 0 Å². The Morgan fingerprint density at radius 1 is 0.564 bits per heavy atom. The van der Waals surface area contributed by atoms with E-state index in [9.17, 15) is 0 Å². The highest BCUT2D eigenvalue weighted by Crippen LogP contribution is 2.37. The first kappa shape index (κ1) is 24.0. The molecule has 5 aromatic carbocycles. The van der Waals surface area contributed by atoms with Gasteiger partial charge in [-0.25, -0.2) is 4.98 Å². The van der Waals surface area contributed by atoms with Crippen molar-refractivity contribution in [1.82, 2.24) is 9.97 Å². The standard InChI is InChI=1S/C34H29BN2O2/c1-33(2)34(3,4)39-35(38-33)25-14-10-12-23(20-25)22-11-9-13-24(19-22)30-21-36-31-28-17-7-5-15-26(28)27-16-6-8-18-29(27)32(31)37-30/h5-21H,1-4H3. The Morgan fingerprint density at radius 3 is 1.77 bits per heavy atom. The van der Waals surface area contributed by atoms with E-state index in [0.29, 0.717) is 0 Å². The van der Waals surface area contributed by atoms with Gasteiger partial charge < -0.3 is 9.31 Å². The molecule has 2 heterocycles. The molecule has 5 heteroatoms. The minimum Gasteiger partial charge on any atom is -0.399 e. The number of hydrogen-bond donors (Lipinski definition) is 0. The van der Waals surface area contributed by atoms with Crippen LogP contribution in [0.5, 0.6) is 0 Å². The van der Waals surface area contributed by atoms with Crippen molar-refractivity contribution >= 4 is 45.2 Å². The largest absolute Gasteiger partial charge is 0.494 e. The number of rotatable bonds is 3. The van der Waals surface area contributed by atoms with Crippen molar-refractivity contribution in [3.05, 3.63) is 103 Å². The summed E-state index contributed by atoms with van der Waals surface area (Å²) in [4.78, 5) is 10.1. The molecule has 1 aliphatic rings. The molecule has 39 heavy (non-hydrogen) atoms. The van der Waals surface area contributed by atoms with E-state index < -0.39 is 7.12 Å². The molecular formula is C34H29BN2O2. The minimum atomic E-state index is -0.396. The third-order valence-electron chi connectivity index (χ3n) is 8.33. The first-order chi connectivity index (χ1) is 18.8. The summed E-state index contributed by atoms with van der Waals surface area (Å²) in [5.74, 6) is 0. The third-order valence-corrected chi connectivity index (χ3v) is 8.33. The Labute approximate surface area is 228 Å². The summed E-state index contributed by atoms with van der Waals surface area (Å²) in [6.07, 6.45) is 1.89. The molecule has 6 aromatic rings. The Kier molecular flexibility index (Phi) is 5.38. The predicted octanol–water partition coefficient (Wildman–Crippen LogP) is 7.57. The van der Waals surface area contributed by atoms with Gasteiger partial charge in [0, 0.05) is 16.3 Å². The van der Waals surface area contributed by atoms with Gasteiger partial charge in [0.15, 0.2) is 0 Å². The zero-order chi connectivity index (χ0) is 26.8. The molecule has 1 saturated heterocycles. The number of nitrogens with zero attached hydrogens (tertiary/aromatic N) is 2. The van der Waals surface area contributed by atoms with Crippen molar-refractivity contribution in [3.63, 3.8) is 0 Å². The molecule has 0 N–H and O–H groups in total. The van der Waals surface area contributed by atoms with Crippen LogP contribution in [0.4, 0.5) is 0 Å². The molecule has 0 atom stereocenters. The fourth-order valence-electron chi connectivity index (χ4n) is 5.46. The maximum absolute atomic E-state index is 6.30. The summed E-state index contributed by atoms with van der Waals surface area (Å²) in [7, 11) is -0.396. The Morgan fingerprint density at radius 2 is 1.10 bits per heavy atom. The van der Waals surface area contributed by atoms with E-state index in [1.165, 1.54) is 10.8 Å². The zero-order valence-electron chi connectivity index (χ0n) is 22.6. The predicted molar refractivity (Wildman–Crippen MR) is 161 cm³/mol. The topological polar surface area (TPSA) is 44.2 Å². The van der Waals surface area contributed by atoms with Crippen molar-refractivity contribution in [2.75, 3.05) is 0 Å². The summed E-state index contributed by atoms with van der Waals surface area (Å²) in [5.41, 5.74) is 6.21. The van der Waals surface area contributed by atoms with Crippen molar-refractivity contribution in [1.29, 1.82) is 0 Å². The summed E-state index contributed by atoms with van der Waals surface area (Å²) in [5, 5.41) is 4.64. The fraction of sp³-hybridized carbons (Fsp3) is 0.176. The highest BCUT2D eigenvalue weighted by atomic mass is 16.7. The smallest absolute Gasteiger partial charge is 0.399 e. The molecule has 1 fully saturated rings. The third kappa shape index (κ3) is 3.92. The zero-order valence-corrected chi connectivity index (χ0v) is 22.6. The number of hydrogen-bond acceptors (Lipinski definition) is 4. The summed E-state index contributed by atoms with van der Waals surface area (Å²) in [6.45, 7) is 8.32. The molecule has 1 aliphatic heterocycles.